The molecule has 0 spiro atoms. The zero-order chi connectivity index (χ0) is 16.7. The summed E-state index contributed by atoms with van der Waals surface area (Å²) in [6, 6.07) is 12.3. The number of halogens is 1. The Hall–Kier alpha value is -1.53. The van der Waals surface area contributed by atoms with E-state index in [1.165, 1.54) is 0 Å². The van der Waals surface area contributed by atoms with Gasteiger partial charge in [0.1, 0.15) is 11.8 Å². The van der Waals surface area contributed by atoms with Gasteiger partial charge >= 0.3 is 0 Å². The highest BCUT2D eigenvalue weighted by Crippen LogP contribution is 2.49. The third kappa shape index (κ3) is 2.71. The molecular formula is C18H18BrN3OS. The van der Waals surface area contributed by atoms with E-state index in [1.807, 2.05) is 42.2 Å². The standard InChI is InChI=1S/C18H18BrN3OS/c1-11-10-22-17(13-9-12(19)6-7-15(13)23-2)16(21-18(22)24-11)14-5-3-4-8-20-14/h3-9,11,16-17H,10H2,1-2H3/t11-,16+,17+/m0/s1. The maximum absolute atomic E-state index is 5.65. The maximum atomic E-state index is 5.65. The first-order valence-electron chi connectivity index (χ1n) is 7.93. The van der Waals surface area contributed by atoms with Gasteiger partial charge in [-0.15, -0.1) is 0 Å². The van der Waals surface area contributed by atoms with Crippen molar-refractivity contribution in [1.29, 1.82) is 0 Å². The number of aromatic nitrogens is 1. The topological polar surface area (TPSA) is 37.7 Å². The molecule has 0 bridgehead atoms. The molecule has 1 fully saturated rings. The van der Waals surface area contributed by atoms with Gasteiger partial charge in [-0.3, -0.25) is 9.98 Å². The number of nitrogens with zero attached hydrogens (tertiary/aromatic N) is 3. The molecule has 3 heterocycles. The normalized spacial score (nSPS) is 25.5. The molecule has 4 rings (SSSR count). The zero-order valence-corrected chi connectivity index (χ0v) is 15.9. The molecule has 3 atom stereocenters. The highest BCUT2D eigenvalue weighted by Gasteiger charge is 2.44. The molecule has 1 saturated heterocycles. The Bertz CT molecular complexity index is 783. The fraction of sp³-hybridized carbons (Fsp3) is 0.333. The molecule has 0 aliphatic carbocycles. The van der Waals surface area contributed by atoms with Gasteiger partial charge in [-0.05, 0) is 30.3 Å². The van der Waals surface area contributed by atoms with Crippen LogP contribution in [0.15, 0.2) is 52.1 Å². The van der Waals surface area contributed by atoms with Crippen LogP contribution in [-0.2, 0) is 0 Å². The number of aliphatic imine (C=N–C) groups is 1. The molecule has 0 amide bonds. The minimum Gasteiger partial charge on any atom is -0.496 e. The summed E-state index contributed by atoms with van der Waals surface area (Å²) in [6.45, 7) is 3.24. The van der Waals surface area contributed by atoms with Crippen molar-refractivity contribution < 1.29 is 4.74 Å². The largest absolute Gasteiger partial charge is 0.496 e. The molecule has 6 heteroatoms. The number of thioether (sulfide) groups is 1. The monoisotopic (exact) mass is 403 g/mol. The molecule has 0 radical (unpaired) electrons. The Morgan fingerprint density at radius 3 is 2.92 bits per heavy atom. The summed E-state index contributed by atoms with van der Waals surface area (Å²) in [4.78, 5) is 12.0. The fourth-order valence-electron chi connectivity index (χ4n) is 3.39. The number of benzene rings is 1. The number of methoxy groups -OCH3 is 1. The number of ether oxygens (including phenoxy) is 1. The first-order valence-corrected chi connectivity index (χ1v) is 9.60. The van der Waals surface area contributed by atoms with Gasteiger partial charge in [-0.1, -0.05) is 40.7 Å². The van der Waals surface area contributed by atoms with Gasteiger partial charge in [-0.2, -0.15) is 0 Å². The van der Waals surface area contributed by atoms with E-state index in [4.69, 9.17) is 9.73 Å². The minimum atomic E-state index is -0.00981. The number of fused-ring (bicyclic) bond motifs is 1. The minimum absolute atomic E-state index is 0.00981. The lowest BCUT2D eigenvalue weighted by Crippen LogP contribution is -2.28. The number of rotatable bonds is 3. The maximum Gasteiger partial charge on any atom is 0.160 e. The second kappa shape index (κ2) is 6.41. The van der Waals surface area contributed by atoms with Crippen LogP contribution in [0.25, 0.3) is 0 Å². The van der Waals surface area contributed by atoms with Crippen molar-refractivity contribution in [3.05, 3.63) is 58.3 Å². The predicted molar refractivity (Wildman–Crippen MR) is 102 cm³/mol. The molecule has 2 aliphatic rings. The average molecular weight is 404 g/mol. The summed E-state index contributed by atoms with van der Waals surface area (Å²) < 4.78 is 6.69. The second-order valence-corrected chi connectivity index (χ2v) is 8.34. The van der Waals surface area contributed by atoms with E-state index in [1.54, 1.807) is 7.11 Å². The van der Waals surface area contributed by atoms with Crippen LogP contribution in [0, 0.1) is 0 Å². The molecule has 0 saturated carbocycles. The molecule has 1 aromatic heterocycles. The zero-order valence-electron chi connectivity index (χ0n) is 13.5. The molecule has 24 heavy (non-hydrogen) atoms. The Morgan fingerprint density at radius 2 is 2.17 bits per heavy atom. The van der Waals surface area contributed by atoms with Crippen LogP contribution >= 0.6 is 27.7 Å². The molecule has 124 valence electrons. The summed E-state index contributed by atoms with van der Waals surface area (Å²) in [7, 11) is 1.72. The molecule has 0 N–H and O–H groups in total. The predicted octanol–water partition coefficient (Wildman–Crippen LogP) is 4.44. The molecule has 0 unspecified atom stereocenters. The fourth-order valence-corrected chi connectivity index (χ4v) is 4.86. The van der Waals surface area contributed by atoms with Gasteiger partial charge in [0.05, 0.1) is 18.8 Å². The first-order chi connectivity index (χ1) is 11.7. The Labute approximate surface area is 154 Å². The molecule has 2 aromatic rings. The van der Waals surface area contributed by atoms with Crippen LogP contribution in [0.2, 0.25) is 0 Å². The van der Waals surface area contributed by atoms with Gasteiger partial charge in [0.15, 0.2) is 5.17 Å². The third-order valence-corrected chi connectivity index (χ3v) is 5.99. The van der Waals surface area contributed by atoms with Crippen molar-refractivity contribution in [2.24, 2.45) is 4.99 Å². The van der Waals surface area contributed by atoms with Crippen LogP contribution in [0.3, 0.4) is 0 Å². The van der Waals surface area contributed by atoms with Crippen molar-refractivity contribution in [3.8, 4) is 5.75 Å². The summed E-state index contributed by atoms with van der Waals surface area (Å²) >= 11 is 5.45. The van der Waals surface area contributed by atoms with Gasteiger partial charge in [0, 0.05) is 28.0 Å². The van der Waals surface area contributed by atoms with Crippen LogP contribution < -0.4 is 4.74 Å². The van der Waals surface area contributed by atoms with E-state index in [-0.39, 0.29) is 12.1 Å². The Morgan fingerprint density at radius 1 is 1.29 bits per heavy atom. The Kier molecular flexibility index (Phi) is 4.26. The first kappa shape index (κ1) is 16.0. The molecule has 4 nitrogen and oxygen atoms in total. The highest BCUT2D eigenvalue weighted by molar-refractivity contribution is 9.10. The lowest BCUT2D eigenvalue weighted by Gasteiger charge is -2.28. The molecule has 1 aromatic carbocycles. The van der Waals surface area contributed by atoms with Crippen molar-refractivity contribution in [3.63, 3.8) is 0 Å². The smallest absolute Gasteiger partial charge is 0.160 e. The number of hydrogen-bond donors (Lipinski definition) is 0. The SMILES string of the molecule is COc1ccc(Br)cc1[C@@H]1[C@@H](c2ccccn2)N=C2S[C@@H](C)CN21. The van der Waals surface area contributed by atoms with E-state index < -0.39 is 0 Å². The van der Waals surface area contributed by atoms with Crippen molar-refractivity contribution in [1.82, 2.24) is 9.88 Å². The lowest BCUT2D eigenvalue weighted by atomic mass is 9.95. The van der Waals surface area contributed by atoms with E-state index in [2.05, 4.69) is 44.9 Å². The van der Waals surface area contributed by atoms with Crippen LogP contribution in [0.5, 0.6) is 5.75 Å². The van der Waals surface area contributed by atoms with Crippen LogP contribution in [0.1, 0.15) is 30.3 Å². The quantitative estimate of drug-likeness (QED) is 0.758. The van der Waals surface area contributed by atoms with E-state index in [9.17, 15) is 0 Å². The van der Waals surface area contributed by atoms with E-state index >= 15 is 0 Å². The third-order valence-electron chi connectivity index (χ3n) is 4.39. The van der Waals surface area contributed by atoms with E-state index in [0.717, 1.165) is 33.2 Å². The number of amidine groups is 1. The second-order valence-electron chi connectivity index (χ2n) is 6.02. The van der Waals surface area contributed by atoms with Gasteiger partial charge in [0.25, 0.3) is 0 Å². The van der Waals surface area contributed by atoms with Gasteiger partial charge in [0.2, 0.25) is 0 Å². The van der Waals surface area contributed by atoms with E-state index in [0.29, 0.717) is 5.25 Å². The number of pyridine rings is 1. The average Bonchev–Trinajstić information content (AvgIpc) is 3.11. The van der Waals surface area contributed by atoms with Crippen molar-refractivity contribution in [2.75, 3.05) is 13.7 Å². The number of hydrogen-bond acceptors (Lipinski definition) is 5. The molecule has 2 aliphatic heterocycles. The summed E-state index contributed by atoms with van der Waals surface area (Å²) in [6.07, 6.45) is 1.84. The summed E-state index contributed by atoms with van der Waals surface area (Å²) in [5.41, 5.74) is 2.15. The van der Waals surface area contributed by atoms with Crippen molar-refractivity contribution >= 4 is 32.9 Å². The lowest BCUT2D eigenvalue weighted by molar-refractivity contribution is 0.307. The van der Waals surface area contributed by atoms with Gasteiger partial charge < -0.3 is 9.64 Å². The summed E-state index contributed by atoms with van der Waals surface area (Å²) in [5, 5.41) is 1.67. The highest BCUT2D eigenvalue weighted by atomic mass is 79.9. The molecular weight excluding hydrogens is 386 g/mol. The summed E-state index contributed by atoms with van der Waals surface area (Å²) in [5.74, 6) is 0.894. The van der Waals surface area contributed by atoms with Crippen LogP contribution in [-0.4, -0.2) is 34.0 Å². The Balaban J connectivity index is 1.83. The van der Waals surface area contributed by atoms with Gasteiger partial charge in [-0.25, -0.2) is 0 Å². The van der Waals surface area contributed by atoms with Crippen molar-refractivity contribution in [2.45, 2.75) is 24.3 Å². The van der Waals surface area contributed by atoms with Crippen LogP contribution in [0.4, 0.5) is 0 Å².